The first-order chi connectivity index (χ1) is 9.99. The van der Waals surface area contributed by atoms with Gasteiger partial charge in [-0.15, -0.1) is 24.8 Å². The van der Waals surface area contributed by atoms with Crippen molar-refractivity contribution in [3.8, 4) is 0 Å². The Morgan fingerprint density at radius 1 is 1.55 bits per heavy atom. The van der Waals surface area contributed by atoms with Crippen molar-refractivity contribution in [2.24, 2.45) is 5.73 Å². The van der Waals surface area contributed by atoms with E-state index in [1.807, 2.05) is 0 Å². The first kappa shape index (κ1) is 30.2. The maximum Gasteiger partial charge on any atom is 1.00 e. The smallest absolute Gasteiger partial charge is 0.857 e. The van der Waals surface area contributed by atoms with Crippen LogP contribution in [0.2, 0.25) is 0 Å². The SMILES string of the molecule is C=CC(N)CCC(=O)O.C=CC1CCC(=O)N1.CCl.C[O-].[K+]. The van der Waals surface area contributed by atoms with Gasteiger partial charge in [-0.3, -0.25) is 9.59 Å². The van der Waals surface area contributed by atoms with Crippen molar-refractivity contribution >= 4 is 23.5 Å². The Hall–Kier alpha value is 0.266. The maximum absolute atomic E-state index is 10.5. The van der Waals surface area contributed by atoms with Gasteiger partial charge < -0.3 is 21.3 Å². The predicted octanol–water partition coefficient (Wildman–Crippen LogP) is -2.35. The number of hydrogen-bond acceptors (Lipinski definition) is 4. The van der Waals surface area contributed by atoms with Crippen LogP contribution in [0.4, 0.5) is 0 Å². The number of halogens is 1. The van der Waals surface area contributed by atoms with Gasteiger partial charge in [0.1, 0.15) is 0 Å². The minimum atomic E-state index is -0.813. The molecule has 1 amide bonds. The van der Waals surface area contributed by atoms with Gasteiger partial charge in [-0.05, 0) is 12.8 Å². The summed E-state index contributed by atoms with van der Waals surface area (Å²) >= 11 is 4.64. The van der Waals surface area contributed by atoms with E-state index in [1.165, 1.54) is 6.38 Å². The summed E-state index contributed by atoms with van der Waals surface area (Å²) in [5.74, 6) is -0.665. The molecule has 124 valence electrons. The monoisotopic (exact) mass is 360 g/mol. The van der Waals surface area contributed by atoms with Crippen LogP contribution in [0, 0.1) is 0 Å². The van der Waals surface area contributed by atoms with Crippen LogP contribution in [0.1, 0.15) is 25.7 Å². The number of carbonyl (C=O) groups is 2. The summed E-state index contributed by atoms with van der Waals surface area (Å²) in [4.78, 5) is 20.4. The summed E-state index contributed by atoms with van der Waals surface area (Å²) in [5, 5.41) is 19.2. The minimum Gasteiger partial charge on any atom is -0.857 e. The number of carbonyl (C=O) groups excluding carboxylic acids is 1. The van der Waals surface area contributed by atoms with Gasteiger partial charge in [0.25, 0.3) is 0 Å². The van der Waals surface area contributed by atoms with Crippen LogP contribution in [-0.2, 0) is 9.59 Å². The number of amides is 1. The fraction of sp³-hybridized carbons (Fsp3) is 0.571. The Morgan fingerprint density at radius 3 is 2.27 bits per heavy atom. The first-order valence-electron chi connectivity index (χ1n) is 6.30. The molecule has 1 fully saturated rings. The molecule has 2 atom stereocenters. The van der Waals surface area contributed by atoms with Gasteiger partial charge in [-0.1, -0.05) is 12.2 Å². The third kappa shape index (κ3) is 22.5. The van der Waals surface area contributed by atoms with E-state index in [0.29, 0.717) is 12.8 Å². The van der Waals surface area contributed by atoms with E-state index in [9.17, 15) is 9.59 Å². The summed E-state index contributed by atoms with van der Waals surface area (Å²) in [6.45, 7) is 6.98. The molecule has 0 aromatic heterocycles. The molecule has 6 nitrogen and oxygen atoms in total. The molecular formula is C14H26ClKN2O4. The van der Waals surface area contributed by atoms with Gasteiger partial charge in [0, 0.05) is 31.3 Å². The average molecular weight is 361 g/mol. The molecular weight excluding hydrogens is 335 g/mol. The topological polar surface area (TPSA) is 115 Å². The van der Waals surface area contributed by atoms with Crippen molar-refractivity contribution in [2.75, 3.05) is 13.5 Å². The third-order valence-corrected chi connectivity index (χ3v) is 2.31. The predicted molar refractivity (Wildman–Crippen MR) is 84.1 cm³/mol. The number of rotatable bonds is 5. The molecule has 0 aliphatic carbocycles. The van der Waals surface area contributed by atoms with Crippen molar-refractivity contribution in [3.63, 3.8) is 0 Å². The molecule has 0 radical (unpaired) electrons. The van der Waals surface area contributed by atoms with Crippen molar-refractivity contribution < 1.29 is 71.2 Å². The van der Waals surface area contributed by atoms with Crippen molar-refractivity contribution in [2.45, 2.75) is 37.8 Å². The first-order valence-corrected chi connectivity index (χ1v) is 7.05. The van der Waals surface area contributed by atoms with Crippen molar-refractivity contribution in [3.05, 3.63) is 25.3 Å². The second-order valence-corrected chi connectivity index (χ2v) is 3.78. The molecule has 4 N–H and O–H groups in total. The average Bonchev–Trinajstić information content (AvgIpc) is 2.95. The van der Waals surface area contributed by atoms with Crippen LogP contribution in [0.25, 0.3) is 0 Å². The van der Waals surface area contributed by atoms with Gasteiger partial charge in [0.15, 0.2) is 0 Å². The third-order valence-electron chi connectivity index (χ3n) is 2.31. The number of carboxylic acid groups (broad SMARTS) is 1. The molecule has 0 spiro atoms. The van der Waals surface area contributed by atoms with Gasteiger partial charge in [0.05, 0.1) is 0 Å². The standard InChI is InChI=1S/C6H11NO2.C6H9NO.CH3Cl.CH3O.K/c1-2-5(7)3-4-6(8)9;1-2-5-3-4-6(8)7-5;2*1-2;/h2,5H,1,3-4,7H2,(H,8,9);2,5H,1,3-4H2,(H,7,8);2*1H3;/q;;;-1;+1. The summed E-state index contributed by atoms with van der Waals surface area (Å²) in [7, 11) is 0.750. The maximum atomic E-state index is 10.5. The molecule has 0 aromatic rings. The van der Waals surface area contributed by atoms with Crippen LogP contribution < -0.4 is 67.5 Å². The van der Waals surface area contributed by atoms with Gasteiger partial charge in [-0.25, -0.2) is 0 Å². The van der Waals surface area contributed by atoms with Crippen LogP contribution in [0.3, 0.4) is 0 Å². The second kappa shape index (κ2) is 23.5. The molecule has 0 saturated carbocycles. The van der Waals surface area contributed by atoms with Crippen LogP contribution in [0.15, 0.2) is 25.3 Å². The fourth-order valence-corrected chi connectivity index (χ4v) is 1.22. The van der Waals surface area contributed by atoms with E-state index in [2.05, 4.69) is 30.1 Å². The Kier molecular flexibility index (Phi) is 32.3. The molecule has 0 aromatic carbocycles. The summed E-state index contributed by atoms with van der Waals surface area (Å²) < 4.78 is 0. The Bertz CT molecular complexity index is 305. The summed E-state index contributed by atoms with van der Waals surface area (Å²) in [6, 6.07) is 0.0589. The zero-order valence-corrected chi connectivity index (χ0v) is 17.6. The van der Waals surface area contributed by atoms with Gasteiger partial charge in [0.2, 0.25) is 5.91 Å². The molecule has 2 unspecified atom stereocenters. The molecule has 0 bridgehead atoms. The Morgan fingerprint density at radius 2 is 2.05 bits per heavy atom. The quantitative estimate of drug-likeness (QED) is 0.288. The number of hydrogen-bond donors (Lipinski definition) is 3. The summed E-state index contributed by atoms with van der Waals surface area (Å²) in [5.41, 5.74) is 5.34. The van der Waals surface area contributed by atoms with Gasteiger partial charge >= 0.3 is 57.4 Å². The van der Waals surface area contributed by atoms with Crippen LogP contribution >= 0.6 is 11.6 Å². The van der Waals surface area contributed by atoms with Crippen molar-refractivity contribution in [1.82, 2.24) is 5.32 Å². The Balaban J connectivity index is -0.000000116. The van der Waals surface area contributed by atoms with E-state index in [0.717, 1.165) is 13.5 Å². The molecule has 1 aliphatic heterocycles. The zero-order chi connectivity index (χ0) is 17.3. The van der Waals surface area contributed by atoms with Crippen LogP contribution in [0.5, 0.6) is 0 Å². The largest absolute Gasteiger partial charge is 1.00 e. The molecule has 1 rings (SSSR count). The Labute approximate surface area is 180 Å². The van der Waals surface area contributed by atoms with Crippen molar-refractivity contribution in [1.29, 1.82) is 0 Å². The number of nitrogens with two attached hydrogens (primary N) is 1. The van der Waals surface area contributed by atoms with E-state index >= 15 is 0 Å². The molecule has 22 heavy (non-hydrogen) atoms. The minimum absolute atomic E-state index is 0. The number of nitrogens with one attached hydrogen (secondary N) is 1. The van der Waals surface area contributed by atoms with E-state index < -0.39 is 5.97 Å². The second-order valence-electron chi connectivity index (χ2n) is 3.78. The molecule has 1 aliphatic rings. The fourth-order valence-electron chi connectivity index (χ4n) is 1.22. The molecule has 1 saturated heterocycles. The van der Waals surface area contributed by atoms with E-state index in [1.54, 1.807) is 12.2 Å². The number of carboxylic acids is 1. The number of alkyl halides is 1. The normalized spacial score (nSPS) is 15.7. The number of aliphatic carboxylic acids is 1. The van der Waals surface area contributed by atoms with Gasteiger partial charge in [-0.2, -0.15) is 7.11 Å². The van der Waals surface area contributed by atoms with Crippen LogP contribution in [-0.4, -0.2) is 42.6 Å². The zero-order valence-electron chi connectivity index (χ0n) is 13.7. The van der Waals surface area contributed by atoms with E-state index in [4.69, 9.17) is 15.9 Å². The molecule has 1 heterocycles. The molecule has 8 heteroatoms. The van der Waals surface area contributed by atoms with E-state index in [-0.39, 0.29) is 75.8 Å². The summed E-state index contributed by atoms with van der Waals surface area (Å²) in [6.07, 6.45) is 6.96.